The molecule has 2 aromatic rings. The van der Waals surface area contributed by atoms with Crippen molar-refractivity contribution < 1.29 is 4.79 Å². The predicted octanol–water partition coefficient (Wildman–Crippen LogP) is 5.98. The predicted molar refractivity (Wildman–Crippen MR) is 121 cm³/mol. The van der Waals surface area contributed by atoms with E-state index in [0.717, 1.165) is 24.0 Å². The van der Waals surface area contributed by atoms with Crippen LogP contribution >= 0.6 is 23.2 Å². The fraction of sp³-hybridized carbons (Fsp3) is 0.375. The van der Waals surface area contributed by atoms with E-state index in [2.05, 4.69) is 19.6 Å². The van der Waals surface area contributed by atoms with Crippen molar-refractivity contribution >= 4 is 29.1 Å². The summed E-state index contributed by atoms with van der Waals surface area (Å²) in [6, 6.07) is 15.7. The van der Waals surface area contributed by atoms with Gasteiger partial charge in [0.05, 0.1) is 6.04 Å². The number of carbonyl (C=O) groups excluding carboxylic acids is 1. The van der Waals surface area contributed by atoms with Crippen LogP contribution in [-0.2, 0) is 4.79 Å². The number of piperidine rings is 1. The largest absolute Gasteiger partial charge is 0.332 e. The Kier molecular flexibility index (Phi) is 7.39. The summed E-state index contributed by atoms with van der Waals surface area (Å²) < 4.78 is 0. The fourth-order valence-corrected chi connectivity index (χ4v) is 4.79. The summed E-state index contributed by atoms with van der Waals surface area (Å²) in [7, 11) is 0. The maximum Gasteiger partial charge on any atom is 0.223 e. The molecule has 154 valence electrons. The van der Waals surface area contributed by atoms with Crippen LogP contribution in [-0.4, -0.2) is 23.4 Å². The zero-order valence-electron chi connectivity index (χ0n) is 16.7. The third-order valence-electron chi connectivity index (χ3n) is 6.02. The Labute approximate surface area is 183 Å². The first-order chi connectivity index (χ1) is 14.0. The van der Waals surface area contributed by atoms with E-state index in [1.165, 1.54) is 0 Å². The van der Waals surface area contributed by atoms with E-state index in [1.54, 1.807) is 0 Å². The molecule has 0 spiro atoms. The Balaban J connectivity index is 2.08. The van der Waals surface area contributed by atoms with Gasteiger partial charge < -0.3 is 10.6 Å². The minimum Gasteiger partial charge on any atom is -0.332 e. The molecule has 4 atom stereocenters. The molecule has 1 fully saturated rings. The second-order valence-electron chi connectivity index (χ2n) is 7.76. The van der Waals surface area contributed by atoms with Crippen molar-refractivity contribution in [1.82, 2.24) is 4.90 Å². The van der Waals surface area contributed by atoms with Crippen molar-refractivity contribution in [3.63, 3.8) is 0 Å². The zero-order chi connectivity index (χ0) is 21.0. The molecule has 0 bridgehead atoms. The first kappa shape index (κ1) is 21.9. The number of hydrogen-bond acceptors (Lipinski definition) is 2. The highest BCUT2D eigenvalue weighted by Gasteiger charge is 2.41. The first-order valence-corrected chi connectivity index (χ1v) is 10.8. The average molecular weight is 431 g/mol. The molecule has 29 heavy (non-hydrogen) atoms. The average Bonchev–Trinajstić information content (AvgIpc) is 2.72. The molecule has 0 aromatic heterocycles. The molecule has 1 heterocycles. The summed E-state index contributed by atoms with van der Waals surface area (Å²) in [6.45, 7) is 6.47. The minimum atomic E-state index is -0.0964. The van der Waals surface area contributed by atoms with Crippen LogP contribution in [0.5, 0.6) is 0 Å². The van der Waals surface area contributed by atoms with Crippen LogP contribution in [0.3, 0.4) is 0 Å². The molecule has 1 aliphatic heterocycles. The summed E-state index contributed by atoms with van der Waals surface area (Å²) in [5.41, 5.74) is 8.29. The van der Waals surface area contributed by atoms with Gasteiger partial charge in [0.25, 0.3) is 0 Å². The summed E-state index contributed by atoms with van der Waals surface area (Å²) >= 11 is 12.4. The molecule has 5 heteroatoms. The number of amides is 1. The third-order valence-corrected chi connectivity index (χ3v) is 6.51. The second kappa shape index (κ2) is 9.80. The molecule has 3 rings (SSSR count). The molecule has 3 nitrogen and oxygen atoms in total. The highest BCUT2D eigenvalue weighted by atomic mass is 35.5. The number of rotatable bonds is 7. The van der Waals surface area contributed by atoms with Crippen molar-refractivity contribution in [3.8, 4) is 0 Å². The van der Waals surface area contributed by atoms with Crippen LogP contribution in [0, 0.1) is 5.92 Å². The number of halogens is 2. The van der Waals surface area contributed by atoms with Crippen LogP contribution in [0.2, 0.25) is 10.0 Å². The molecule has 2 aromatic carbocycles. The fourth-order valence-electron chi connectivity index (χ4n) is 4.47. The smallest absolute Gasteiger partial charge is 0.223 e. The van der Waals surface area contributed by atoms with Gasteiger partial charge in [0.1, 0.15) is 0 Å². The van der Waals surface area contributed by atoms with Crippen molar-refractivity contribution in [2.24, 2.45) is 11.7 Å². The molecule has 1 aliphatic rings. The lowest BCUT2D eigenvalue weighted by Gasteiger charge is -2.47. The number of nitrogens with two attached hydrogens (primary N) is 1. The van der Waals surface area contributed by atoms with Gasteiger partial charge in [0.15, 0.2) is 0 Å². The van der Waals surface area contributed by atoms with E-state index in [9.17, 15) is 4.79 Å². The Morgan fingerprint density at radius 3 is 2.52 bits per heavy atom. The third kappa shape index (κ3) is 4.85. The first-order valence-electron chi connectivity index (χ1n) is 10.1. The van der Waals surface area contributed by atoms with Gasteiger partial charge in [-0.05, 0) is 67.6 Å². The number of likely N-dealkylation sites (tertiary alicyclic amines) is 1. The number of benzene rings is 2. The number of allylic oxidation sites excluding steroid dienone is 1. The highest BCUT2D eigenvalue weighted by Crippen LogP contribution is 2.45. The van der Waals surface area contributed by atoms with E-state index < -0.39 is 0 Å². The Morgan fingerprint density at radius 1 is 1.17 bits per heavy atom. The summed E-state index contributed by atoms with van der Waals surface area (Å²) in [6.07, 6.45) is 3.95. The van der Waals surface area contributed by atoms with E-state index in [4.69, 9.17) is 28.9 Å². The van der Waals surface area contributed by atoms with Crippen molar-refractivity contribution in [3.05, 3.63) is 82.4 Å². The molecule has 2 N–H and O–H groups in total. The standard InChI is InChI=1S/C24H28Cl2N2O/c1-3-5-19(15-27)16(2)28-23(29)13-12-22(18-6-4-7-21(26)14-18)24(28)17-8-10-20(25)11-9-17/h3-4,6-11,14,16,19,22,24H,1,5,12-13,15,27H2,2H3/t16-,19-,22?,24?/m1/s1. The van der Waals surface area contributed by atoms with Gasteiger partial charge in [-0.2, -0.15) is 0 Å². The van der Waals surface area contributed by atoms with Crippen molar-refractivity contribution in [2.45, 2.75) is 44.2 Å². The lowest BCUT2D eigenvalue weighted by Crippen LogP contribution is -2.50. The maximum atomic E-state index is 13.2. The molecular formula is C24H28Cl2N2O. The van der Waals surface area contributed by atoms with Gasteiger partial charge in [0.2, 0.25) is 5.91 Å². The minimum absolute atomic E-state index is 0.00633. The molecule has 0 aliphatic carbocycles. The Hall–Kier alpha value is -1.81. The molecule has 0 saturated carbocycles. The van der Waals surface area contributed by atoms with E-state index in [-0.39, 0.29) is 29.8 Å². The van der Waals surface area contributed by atoms with Gasteiger partial charge >= 0.3 is 0 Å². The molecule has 0 radical (unpaired) electrons. The number of hydrogen-bond donors (Lipinski definition) is 1. The van der Waals surface area contributed by atoms with Crippen LogP contribution < -0.4 is 5.73 Å². The summed E-state index contributed by atoms with van der Waals surface area (Å²) in [5.74, 6) is 0.472. The SMILES string of the molecule is C=CC[C@H](CN)[C@@H](C)N1C(=O)CCC(c2cccc(Cl)c2)C1c1ccc(Cl)cc1. The van der Waals surface area contributed by atoms with Gasteiger partial charge in [-0.3, -0.25) is 4.79 Å². The lowest BCUT2D eigenvalue weighted by molar-refractivity contribution is -0.141. The van der Waals surface area contributed by atoms with Crippen molar-refractivity contribution in [1.29, 1.82) is 0 Å². The molecular weight excluding hydrogens is 403 g/mol. The van der Waals surface area contributed by atoms with Crippen LogP contribution in [0.1, 0.15) is 49.3 Å². The lowest BCUT2D eigenvalue weighted by atomic mass is 9.78. The quantitative estimate of drug-likeness (QED) is 0.548. The van der Waals surface area contributed by atoms with Gasteiger partial charge in [-0.25, -0.2) is 0 Å². The van der Waals surface area contributed by atoms with Gasteiger partial charge in [0, 0.05) is 28.4 Å². The van der Waals surface area contributed by atoms with E-state index in [1.807, 2.05) is 53.4 Å². The van der Waals surface area contributed by atoms with E-state index in [0.29, 0.717) is 23.0 Å². The van der Waals surface area contributed by atoms with Crippen LogP contribution in [0.4, 0.5) is 0 Å². The van der Waals surface area contributed by atoms with Gasteiger partial charge in [-0.15, -0.1) is 6.58 Å². The molecule has 1 saturated heterocycles. The zero-order valence-corrected chi connectivity index (χ0v) is 18.2. The maximum absolute atomic E-state index is 13.2. The van der Waals surface area contributed by atoms with Gasteiger partial charge in [-0.1, -0.05) is 53.5 Å². The van der Waals surface area contributed by atoms with Crippen LogP contribution in [0.15, 0.2) is 61.2 Å². The monoisotopic (exact) mass is 430 g/mol. The number of nitrogens with zero attached hydrogens (tertiary/aromatic N) is 1. The normalized spacial score (nSPS) is 21.7. The molecule has 2 unspecified atom stereocenters. The van der Waals surface area contributed by atoms with Crippen LogP contribution in [0.25, 0.3) is 0 Å². The second-order valence-corrected chi connectivity index (χ2v) is 8.63. The summed E-state index contributed by atoms with van der Waals surface area (Å²) in [4.78, 5) is 15.2. The molecule has 1 amide bonds. The number of carbonyl (C=O) groups is 1. The Bertz CT molecular complexity index is 852. The topological polar surface area (TPSA) is 46.3 Å². The Morgan fingerprint density at radius 2 is 1.90 bits per heavy atom. The van der Waals surface area contributed by atoms with E-state index >= 15 is 0 Å². The van der Waals surface area contributed by atoms with Crippen molar-refractivity contribution in [2.75, 3.05) is 6.54 Å². The summed E-state index contributed by atoms with van der Waals surface area (Å²) in [5, 5.41) is 1.39. The highest BCUT2D eigenvalue weighted by molar-refractivity contribution is 6.30.